The van der Waals surface area contributed by atoms with Gasteiger partial charge in [0.1, 0.15) is 29.7 Å². The van der Waals surface area contributed by atoms with Crippen LogP contribution in [0.15, 0.2) is 37.1 Å². The number of benzene rings is 1. The van der Waals surface area contributed by atoms with Crippen LogP contribution in [0.2, 0.25) is 0 Å². The maximum Gasteiger partial charge on any atom is 0.319 e. The summed E-state index contributed by atoms with van der Waals surface area (Å²) in [6.45, 7) is 13.9. The van der Waals surface area contributed by atoms with Crippen LogP contribution in [0.3, 0.4) is 0 Å². The number of carbonyl (C=O) groups excluding carboxylic acids is 1. The molecule has 4 atom stereocenters. The van der Waals surface area contributed by atoms with Gasteiger partial charge in [0, 0.05) is 37.4 Å². The summed E-state index contributed by atoms with van der Waals surface area (Å²) in [6, 6.07) is 6.13. The molecule has 0 unspecified atom stereocenters. The van der Waals surface area contributed by atoms with Crippen molar-refractivity contribution in [3.05, 3.63) is 65.4 Å². The lowest BCUT2D eigenvalue weighted by molar-refractivity contribution is -0.128. The lowest BCUT2D eigenvalue weighted by Crippen LogP contribution is -2.56. The van der Waals surface area contributed by atoms with E-state index in [9.17, 15) is 4.79 Å². The van der Waals surface area contributed by atoms with Crippen molar-refractivity contribution in [3.8, 4) is 17.3 Å². The number of aromatic nitrogens is 3. The number of carbonyl (C=O) groups is 1. The number of nitrogens with zero attached hydrogens (tertiary/aromatic N) is 7. The largest absolute Gasteiger partial charge is 0.462 e. The molecule has 7 rings (SSSR count). The molecule has 0 radical (unpaired) electrons. The quantitative estimate of drug-likeness (QED) is 0.314. The first-order chi connectivity index (χ1) is 20.5. The van der Waals surface area contributed by atoms with E-state index in [4.69, 9.17) is 16.3 Å². The minimum atomic E-state index is -0.477. The van der Waals surface area contributed by atoms with E-state index in [1.807, 2.05) is 17.0 Å². The Morgan fingerprint density at radius 1 is 1.26 bits per heavy atom. The van der Waals surface area contributed by atoms with Crippen molar-refractivity contribution < 1.29 is 13.9 Å². The van der Waals surface area contributed by atoms with Crippen LogP contribution in [-0.4, -0.2) is 89.1 Å². The molecule has 9 nitrogen and oxygen atoms in total. The molecule has 1 saturated carbocycles. The number of likely N-dealkylation sites (tertiary alicyclic amines) is 1. The lowest BCUT2D eigenvalue weighted by atomic mass is 9.96. The Kier molecular flexibility index (Phi) is 6.77. The summed E-state index contributed by atoms with van der Waals surface area (Å²) >= 11 is 0. The Labute approximate surface area is 244 Å². The highest BCUT2D eigenvalue weighted by Gasteiger charge is 2.46. The van der Waals surface area contributed by atoms with E-state index in [0.717, 1.165) is 37.8 Å². The maximum absolute atomic E-state index is 16.6. The molecule has 0 spiro atoms. The summed E-state index contributed by atoms with van der Waals surface area (Å²) in [4.78, 5) is 36.1. The van der Waals surface area contributed by atoms with Gasteiger partial charge in [0.05, 0.1) is 5.39 Å². The van der Waals surface area contributed by atoms with Crippen molar-refractivity contribution in [3.63, 3.8) is 0 Å². The van der Waals surface area contributed by atoms with Crippen LogP contribution in [0.5, 0.6) is 6.01 Å². The fourth-order valence-electron chi connectivity index (χ4n) is 7.14. The smallest absolute Gasteiger partial charge is 0.319 e. The van der Waals surface area contributed by atoms with E-state index in [1.54, 1.807) is 11.1 Å². The summed E-state index contributed by atoms with van der Waals surface area (Å²) in [5.41, 5.74) is 3.86. The first-order valence-electron chi connectivity index (χ1n) is 14.8. The molecule has 4 heterocycles. The molecule has 3 aromatic rings. The molecule has 2 aliphatic heterocycles. The molecule has 0 bridgehead atoms. The van der Waals surface area contributed by atoms with E-state index in [-0.39, 0.29) is 36.1 Å². The third-order valence-electron chi connectivity index (χ3n) is 9.49. The normalized spacial score (nSPS) is 24.8. The van der Waals surface area contributed by atoms with Crippen LogP contribution in [-0.2, 0) is 11.2 Å². The monoisotopic (exact) mass is 567 g/mol. The average Bonchev–Trinajstić information content (AvgIpc) is 3.48. The molecule has 1 aromatic carbocycles. The van der Waals surface area contributed by atoms with Gasteiger partial charge in [-0.05, 0) is 68.3 Å². The van der Waals surface area contributed by atoms with Crippen LogP contribution in [0.25, 0.3) is 27.0 Å². The summed E-state index contributed by atoms with van der Waals surface area (Å²) in [5.74, 6) is 0.988. The minimum Gasteiger partial charge on any atom is -0.462 e. The van der Waals surface area contributed by atoms with E-state index in [1.165, 1.54) is 17.2 Å². The molecule has 1 amide bonds. The van der Waals surface area contributed by atoms with Gasteiger partial charge in [-0.2, -0.15) is 9.97 Å². The van der Waals surface area contributed by atoms with Crippen molar-refractivity contribution >= 4 is 22.6 Å². The fourth-order valence-corrected chi connectivity index (χ4v) is 7.14. The average molecular weight is 568 g/mol. The summed E-state index contributed by atoms with van der Waals surface area (Å²) in [6.07, 6.45) is 7.29. The predicted octanol–water partition coefficient (Wildman–Crippen LogP) is 4.09. The van der Waals surface area contributed by atoms with E-state index in [0.29, 0.717) is 55.0 Å². The number of hydrogen-bond donors (Lipinski definition) is 0. The van der Waals surface area contributed by atoms with Crippen LogP contribution in [0, 0.1) is 18.3 Å². The topological polar surface area (TPSA) is 79.1 Å². The van der Waals surface area contributed by atoms with Crippen molar-refractivity contribution in [1.82, 2.24) is 24.8 Å². The SMILES string of the molecule is [C-]#[N+]C[C@H]1CN(c2nc(OC[C@@H]3CCCN3C)nc3c(F)c(-c4cccc5c4[C@H]4C[C@H]4C5)ncc23)CCN1C(=O)C=C. The van der Waals surface area contributed by atoms with Crippen LogP contribution >= 0.6 is 0 Å². The standard InChI is InChI=1S/C32H34FN7O2/c1-4-26(41)40-12-11-39(17-22(40)15-34-2)31-25-16-35-29(23-9-5-7-19-13-20-14-24(20)27(19)23)28(33)30(25)36-32(37-31)42-18-21-8-6-10-38(21)3/h4-5,7,9,16,20-22,24H,1,6,8,10-15,17-18H2,3H3/t20-,21+,22+,24+/m1/s1. The van der Waals surface area contributed by atoms with Crippen LogP contribution in [0.4, 0.5) is 10.2 Å². The van der Waals surface area contributed by atoms with Crippen molar-refractivity contribution in [2.75, 3.05) is 51.3 Å². The number of hydrogen-bond acceptors (Lipinski definition) is 7. The minimum absolute atomic E-state index is 0.126. The summed E-state index contributed by atoms with van der Waals surface area (Å²) in [7, 11) is 2.08. The molecule has 2 aromatic heterocycles. The predicted molar refractivity (Wildman–Crippen MR) is 158 cm³/mol. The number of piperazine rings is 1. The molecular weight excluding hydrogens is 533 g/mol. The number of amides is 1. The van der Waals surface area contributed by atoms with Crippen LogP contribution in [0.1, 0.15) is 36.3 Å². The number of fused-ring (bicyclic) bond motifs is 4. The summed E-state index contributed by atoms with van der Waals surface area (Å²) < 4.78 is 22.7. The molecule has 216 valence electrons. The van der Waals surface area contributed by atoms with E-state index >= 15 is 4.39 Å². The first kappa shape index (κ1) is 26.8. The molecule has 3 fully saturated rings. The zero-order valence-electron chi connectivity index (χ0n) is 23.8. The fraction of sp³-hybridized carbons (Fsp3) is 0.469. The zero-order valence-corrected chi connectivity index (χ0v) is 23.8. The second-order valence-corrected chi connectivity index (χ2v) is 12.0. The number of rotatable bonds is 7. The van der Waals surface area contributed by atoms with Gasteiger partial charge in [-0.3, -0.25) is 9.78 Å². The van der Waals surface area contributed by atoms with Gasteiger partial charge in [-0.15, -0.1) is 0 Å². The molecule has 2 aliphatic carbocycles. The Morgan fingerprint density at radius 3 is 2.93 bits per heavy atom. The van der Waals surface area contributed by atoms with Gasteiger partial charge >= 0.3 is 6.01 Å². The Bertz CT molecular complexity index is 1620. The van der Waals surface area contributed by atoms with Gasteiger partial charge < -0.3 is 24.3 Å². The molecule has 4 aliphatic rings. The van der Waals surface area contributed by atoms with Gasteiger partial charge in [0.15, 0.2) is 5.82 Å². The molecule has 2 saturated heterocycles. The molecular formula is C32H34FN7O2. The Hall–Kier alpha value is -4.10. The number of ether oxygens (including phenoxy) is 1. The Balaban J connectivity index is 1.30. The zero-order chi connectivity index (χ0) is 29.0. The van der Waals surface area contributed by atoms with Crippen molar-refractivity contribution in [2.45, 2.75) is 43.7 Å². The lowest BCUT2D eigenvalue weighted by Gasteiger charge is -2.39. The highest BCUT2D eigenvalue weighted by molar-refractivity contribution is 5.93. The highest BCUT2D eigenvalue weighted by Crippen LogP contribution is 2.58. The molecule has 10 heteroatoms. The van der Waals surface area contributed by atoms with Crippen molar-refractivity contribution in [2.24, 2.45) is 5.92 Å². The third-order valence-corrected chi connectivity index (χ3v) is 9.49. The van der Waals surface area contributed by atoms with E-state index in [2.05, 4.69) is 39.4 Å². The highest BCUT2D eigenvalue weighted by atomic mass is 19.1. The summed E-state index contributed by atoms with van der Waals surface area (Å²) in [5, 5.41) is 0.489. The molecule has 42 heavy (non-hydrogen) atoms. The number of pyridine rings is 1. The number of likely N-dealkylation sites (N-methyl/N-ethyl adjacent to an activating group) is 1. The molecule has 0 N–H and O–H groups in total. The number of halogens is 1. The van der Waals surface area contributed by atoms with Gasteiger partial charge in [-0.25, -0.2) is 11.0 Å². The second kappa shape index (κ2) is 10.6. The van der Waals surface area contributed by atoms with Gasteiger partial charge in [0.25, 0.3) is 0 Å². The third kappa shape index (κ3) is 4.56. The maximum atomic E-state index is 16.6. The van der Waals surface area contributed by atoms with Gasteiger partial charge in [0.2, 0.25) is 12.5 Å². The van der Waals surface area contributed by atoms with Crippen molar-refractivity contribution in [1.29, 1.82) is 0 Å². The first-order valence-corrected chi connectivity index (χ1v) is 14.8. The second-order valence-electron chi connectivity index (χ2n) is 12.0. The van der Waals surface area contributed by atoms with Gasteiger partial charge in [-0.1, -0.05) is 24.8 Å². The van der Waals surface area contributed by atoms with E-state index < -0.39 is 5.82 Å². The van der Waals surface area contributed by atoms with Crippen LogP contribution < -0.4 is 9.64 Å². The number of anilines is 1. The Morgan fingerprint density at radius 2 is 2.14 bits per heavy atom.